The predicted octanol–water partition coefficient (Wildman–Crippen LogP) is 1.42. The molecule has 1 saturated carbocycles. The normalized spacial score (nSPS) is 34.8. The summed E-state index contributed by atoms with van der Waals surface area (Å²) in [4.78, 5) is 14.1. The first kappa shape index (κ1) is 13.8. The monoisotopic (exact) mass is 255 g/mol. The Morgan fingerprint density at radius 2 is 2.17 bits per heavy atom. The van der Waals surface area contributed by atoms with Crippen LogP contribution in [0.3, 0.4) is 0 Å². The molecule has 0 aromatic rings. The Bertz CT molecular complexity index is 293. The summed E-state index contributed by atoms with van der Waals surface area (Å²) in [5.41, 5.74) is 0. The number of carbonyl (C=O) groups is 1. The first-order valence-electron chi connectivity index (χ1n) is 7.15. The maximum absolute atomic E-state index is 12.1. The molecule has 2 rings (SSSR count). The third-order valence-electron chi connectivity index (χ3n) is 4.33. The maximum Gasteiger partial charge on any atom is 0.248 e. The molecule has 104 valence electrons. The minimum absolute atomic E-state index is 0.0947. The summed E-state index contributed by atoms with van der Waals surface area (Å²) in [6, 6.07) is 0.197. The fourth-order valence-corrected chi connectivity index (χ4v) is 3.34. The van der Waals surface area contributed by atoms with Gasteiger partial charge in [0.05, 0.1) is 6.10 Å². The summed E-state index contributed by atoms with van der Waals surface area (Å²) in [5, 5.41) is 9.90. The third kappa shape index (κ3) is 3.04. The fourth-order valence-electron chi connectivity index (χ4n) is 3.34. The lowest BCUT2D eigenvalue weighted by atomic mass is 9.76. The summed E-state index contributed by atoms with van der Waals surface area (Å²) < 4.78 is 5.30. The number of amides is 1. The Hall–Kier alpha value is -0.610. The van der Waals surface area contributed by atoms with Crippen molar-refractivity contribution >= 4 is 5.91 Å². The smallest absolute Gasteiger partial charge is 0.248 e. The summed E-state index contributed by atoms with van der Waals surface area (Å²) in [5.74, 6) is 1.16. The summed E-state index contributed by atoms with van der Waals surface area (Å²) >= 11 is 0. The van der Waals surface area contributed by atoms with Gasteiger partial charge in [0.1, 0.15) is 6.61 Å². The van der Waals surface area contributed by atoms with Crippen LogP contribution in [-0.4, -0.2) is 47.8 Å². The number of aliphatic hydroxyl groups is 1. The maximum atomic E-state index is 12.1. The van der Waals surface area contributed by atoms with E-state index in [9.17, 15) is 9.90 Å². The van der Waals surface area contributed by atoms with E-state index in [0.717, 1.165) is 32.2 Å². The molecule has 3 unspecified atom stereocenters. The van der Waals surface area contributed by atoms with E-state index in [1.807, 2.05) is 4.90 Å². The number of rotatable bonds is 2. The minimum atomic E-state index is -0.248. The van der Waals surface area contributed by atoms with Crippen LogP contribution >= 0.6 is 0 Å². The summed E-state index contributed by atoms with van der Waals surface area (Å²) in [7, 11) is 0. The van der Waals surface area contributed by atoms with E-state index < -0.39 is 0 Å². The van der Waals surface area contributed by atoms with Crippen molar-refractivity contribution < 1.29 is 14.6 Å². The molecule has 0 radical (unpaired) electrons. The van der Waals surface area contributed by atoms with Gasteiger partial charge in [-0.25, -0.2) is 0 Å². The SMILES string of the molecule is CC(C)C1CCC(O)CC1N1CCCOCC1=O. The van der Waals surface area contributed by atoms with Crippen LogP contribution in [0.2, 0.25) is 0 Å². The van der Waals surface area contributed by atoms with E-state index in [0.29, 0.717) is 18.4 Å². The largest absolute Gasteiger partial charge is 0.393 e. The van der Waals surface area contributed by atoms with Crippen molar-refractivity contribution in [2.75, 3.05) is 19.8 Å². The van der Waals surface area contributed by atoms with Gasteiger partial charge < -0.3 is 14.7 Å². The van der Waals surface area contributed by atoms with E-state index in [1.54, 1.807) is 0 Å². The highest BCUT2D eigenvalue weighted by atomic mass is 16.5. The number of ether oxygens (including phenoxy) is 1. The van der Waals surface area contributed by atoms with Gasteiger partial charge in [-0.1, -0.05) is 13.8 Å². The molecule has 0 bridgehead atoms. The zero-order valence-electron chi connectivity index (χ0n) is 11.5. The average Bonchev–Trinajstić information content (AvgIpc) is 2.53. The van der Waals surface area contributed by atoms with E-state index in [4.69, 9.17) is 4.74 Å². The first-order chi connectivity index (χ1) is 8.59. The second-order valence-corrected chi connectivity index (χ2v) is 5.94. The van der Waals surface area contributed by atoms with Gasteiger partial charge in [-0.3, -0.25) is 4.79 Å². The zero-order chi connectivity index (χ0) is 13.1. The summed E-state index contributed by atoms with van der Waals surface area (Å²) in [6.07, 6.45) is 3.28. The molecule has 1 amide bonds. The van der Waals surface area contributed by atoms with Crippen LogP contribution in [0, 0.1) is 11.8 Å². The highest BCUT2D eigenvalue weighted by Crippen LogP contribution is 2.34. The quantitative estimate of drug-likeness (QED) is 0.812. The Labute approximate surface area is 109 Å². The van der Waals surface area contributed by atoms with Crippen molar-refractivity contribution in [2.45, 2.75) is 51.7 Å². The number of hydrogen-bond acceptors (Lipinski definition) is 3. The van der Waals surface area contributed by atoms with Crippen molar-refractivity contribution in [2.24, 2.45) is 11.8 Å². The van der Waals surface area contributed by atoms with Gasteiger partial charge in [0.2, 0.25) is 5.91 Å². The molecule has 1 N–H and O–H groups in total. The Kier molecular flexibility index (Phi) is 4.62. The van der Waals surface area contributed by atoms with E-state index >= 15 is 0 Å². The lowest BCUT2D eigenvalue weighted by Gasteiger charge is -2.43. The second kappa shape index (κ2) is 6.02. The summed E-state index contributed by atoms with van der Waals surface area (Å²) in [6.45, 7) is 6.09. The lowest BCUT2D eigenvalue weighted by molar-refractivity contribution is -0.139. The van der Waals surface area contributed by atoms with Crippen molar-refractivity contribution in [1.29, 1.82) is 0 Å². The number of nitrogens with zero attached hydrogens (tertiary/aromatic N) is 1. The molecule has 4 nitrogen and oxygen atoms in total. The zero-order valence-corrected chi connectivity index (χ0v) is 11.5. The van der Waals surface area contributed by atoms with Gasteiger partial charge in [0.25, 0.3) is 0 Å². The highest BCUT2D eigenvalue weighted by Gasteiger charge is 2.37. The predicted molar refractivity (Wildman–Crippen MR) is 69.1 cm³/mol. The van der Waals surface area contributed by atoms with Crippen LogP contribution in [0.25, 0.3) is 0 Å². The van der Waals surface area contributed by atoms with E-state index in [2.05, 4.69) is 13.8 Å². The van der Waals surface area contributed by atoms with Gasteiger partial charge in [-0.05, 0) is 37.5 Å². The van der Waals surface area contributed by atoms with Crippen LogP contribution in [0.5, 0.6) is 0 Å². The van der Waals surface area contributed by atoms with Crippen LogP contribution in [0.4, 0.5) is 0 Å². The van der Waals surface area contributed by atoms with Crippen LogP contribution < -0.4 is 0 Å². The molecule has 1 aliphatic heterocycles. The van der Waals surface area contributed by atoms with Gasteiger partial charge in [0.15, 0.2) is 0 Å². The molecule has 0 aromatic heterocycles. The van der Waals surface area contributed by atoms with Crippen LogP contribution in [0.1, 0.15) is 39.5 Å². The van der Waals surface area contributed by atoms with Crippen LogP contribution in [-0.2, 0) is 9.53 Å². The molecule has 0 spiro atoms. The molecule has 1 aliphatic carbocycles. The van der Waals surface area contributed by atoms with E-state index in [1.165, 1.54) is 0 Å². The molecule has 3 atom stereocenters. The molecule has 2 aliphatic rings. The van der Waals surface area contributed by atoms with Crippen LogP contribution in [0.15, 0.2) is 0 Å². The topological polar surface area (TPSA) is 49.8 Å². The Morgan fingerprint density at radius 1 is 1.39 bits per heavy atom. The number of hydrogen-bond donors (Lipinski definition) is 1. The van der Waals surface area contributed by atoms with Gasteiger partial charge in [-0.15, -0.1) is 0 Å². The van der Waals surface area contributed by atoms with Gasteiger partial charge in [0, 0.05) is 19.2 Å². The van der Waals surface area contributed by atoms with Crippen molar-refractivity contribution in [1.82, 2.24) is 4.90 Å². The lowest BCUT2D eigenvalue weighted by Crippen LogP contribution is -2.50. The Morgan fingerprint density at radius 3 is 2.89 bits per heavy atom. The number of carbonyl (C=O) groups excluding carboxylic acids is 1. The molecule has 2 fully saturated rings. The minimum Gasteiger partial charge on any atom is -0.393 e. The molecule has 1 heterocycles. The molecule has 18 heavy (non-hydrogen) atoms. The molecular weight excluding hydrogens is 230 g/mol. The van der Waals surface area contributed by atoms with Crippen molar-refractivity contribution in [3.05, 3.63) is 0 Å². The van der Waals surface area contributed by atoms with E-state index in [-0.39, 0.29) is 24.7 Å². The Balaban J connectivity index is 2.12. The number of aliphatic hydroxyl groups excluding tert-OH is 1. The highest BCUT2D eigenvalue weighted by molar-refractivity contribution is 5.78. The molecular formula is C14H25NO3. The molecule has 0 aromatic carbocycles. The van der Waals surface area contributed by atoms with Gasteiger partial charge >= 0.3 is 0 Å². The standard InChI is InChI=1S/C14H25NO3/c1-10(2)12-5-4-11(16)8-13(12)15-6-3-7-18-9-14(15)17/h10-13,16H,3-9H2,1-2H3. The second-order valence-electron chi connectivity index (χ2n) is 5.94. The van der Waals surface area contributed by atoms with Gasteiger partial charge in [-0.2, -0.15) is 0 Å². The molecule has 4 heteroatoms. The molecule has 1 saturated heterocycles. The average molecular weight is 255 g/mol. The first-order valence-corrected chi connectivity index (χ1v) is 7.15. The third-order valence-corrected chi connectivity index (χ3v) is 4.33. The van der Waals surface area contributed by atoms with Crippen molar-refractivity contribution in [3.8, 4) is 0 Å². The van der Waals surface area contributed by atoms with Crippen molar-refractivity contribution in [3.63, 3.8) is 0 Å². The fraction of sp³-hybridized carbons (Fsp3) is 0.929.